The van der Waals surface area contributed by atoms with Crippen LogP contribution in [0.15, 0.2) is 54.6 Å². The van der Waals surface area contributed by atoms with Gasteiger partial charge in [0.05, 0.1) is 0 Å². The number of benzene rings is 2. The third-order valence-electron chi connectivity index (χ3n) is 4.46. The van der Waals surface area contributed by atoms with E-state index in [0.717, 1.165) is 0 Å². The average Bonchev–Trinajstić information content (AvgIpc) is 2.76. The van der Waals surface area contributed by atoms with Gasteiger partial charge in [0.1, 0.15) is 24.4 Å². The van der Waals surface area contributed by atoms with E-state index < -0.39 is 42.4 Å². The number of hydrogen-bond donors (Lipinski definition) is 5. The van der Waals surface area contributed by atoms with Crippen molar-refractivity contribution in [1.82, 2.24) is 10.6 Å². The molecule has 170 valence electrons. The maximum absolute atomic E-state index is 12.6. The largest absolute Gasteiger partial charge is 0.508 e. The first kappa shape index (κ1) is 24.2. The quantitative estimate of drug-likeness (QED) is 0.349. The third kappa shape index (κ3) is 8.34. The monoisotopic (exact) mass is 444 g/mol. The normalized spacial score (nSPS) is 12.2. The third-order valence-corrected chi connectivity index (χ3v) is 4.46. The van der Waals surface area contributed by atoms with E-state index >= 15 is 0 Å². The number of carbonyl (C=O) groups excluding carboxylic acids is 2. The topological polar surface area (TPSA) is 162 Å². The number of carbonyl (C=O) groups is 4. The van der Waals surface area contributed by atoms with Crippen LogP contribution >= 0.6 is 0 Å². The van der Waals surface area contributed by atoms with Gasteiger partial charge in [-0.2, -0.15) is 0 Å². The molecule has 2 rings (SSSR count). The molecule has 0 aliphatic rings. The molecule has 0 aromatic heterocycles. The number of rotatable bonds is 11. The van der Waals surface area contributed by atoms with Crippen molar-refractivity contribution in [2.24, 2.45) is 0 Å². The van der Waals surface area contributed by atoms with E-state index in [9.17, 15) is 29.4 Å². The van der Waals surface area contributed by atoms with Gasteiger partial charge >= 0.3 is 18.0 Å². The highest BCUT2D eigenvalue weighted by atomic mass is 16.5. The number of amides is 2. The highest BCUT2D eigenvalue weighted by Crippen LogP contribution is 2.12. The van der Waals surface area contributed by atoms with Crippen LogP contribution in [0.2, 0.25) is 0 Å². The molecule has 10 heteroatoms. The molecule has 32 heavy (non-hydrogen) atoms. The smallest absolute Gasteiger partial charge is 0.408 e. The summed E-state index contributed by atoms with van der Waals surface area (Å²) in [5, 5.41) is 32.3. The fourth-order valence-electron chi connectivity index (χ4n) is 2.78. The Morgan fingerprint density at radius 1 is 0.844 bits per heavy atom. The van der Waals surface area contributed by atoms with Gasteiger partial charge in [-0.25, -0.2) is 9.59 Å². The molecule has 2 aromatic rings. The second-order valence-corrected chi connectivity index (χ2v) is 6.96. The summed E-state index contributed by atoms with van der Waals surface area (Å²) in [5.74, 6) is -3.33. The lowest BCUT2D eigenvalue weighted by Crippen LogP contribution is -2.52. The zero-order valence-corrected chi connectivity index (χ0v) is 17.1. The Hall–Kier alpha value is -4.08. The van der Waals surface area contributed by atoms with Gasteiger partial charge in [-0.1, -0.05) is 42.5 Å². The van der Waals surface area contributed by atoms with Crippen LogP contribution in [0.1, 0.15) is 24.0 Å². The summed E-state index contributed by atoms with van der Waals surface area (Å²) in [7, 11) is 0. The number of phenols is 1. The van der Waals surface area contributed by atoms with Gasteiger partial charge < -0.3 is 30.7 Å². The van der Waals surface area contributed by atoms with Crippen LogP contribution in [-0.4, -0.2) is 51.3 Å². The first-order valence-electron chi connectivity index (χ1n) is 9.74. The number of aromatic hydroxyl groups is 1. The summed E-state index contributed by atoms with van der Waals surface area (Å²) >= 11 is 0. The van der Waals surface area contributed by atoms with E-state index in [1.165, 1.54) is 24.3 Å². The van der Waals surface area contributed by atoms with Crippen molar-refractivity contribution in [3.63, 3.8) is 0 Å². The molecule has 5 N–H and O–H groups in total. The molecule has 0 spiro atoms. The van der Waals surface area contributed by atoms with Gasteiger partial charge in [0.2, 0.25) is 5.91 Å². The first-order valence-corrected chi connectivity index (χ1v) is 9.74. The molecule has 0 fully saturated rings. The molecule has 2 atom stereocenters. The molecule has 2 amide bonds. The number of hydrogen-bond acceptors (Lipinski definition) is 6. The second-order valence-electron chi connectivity index (χ2n) is 6.96. The van der Waals surface area contributed by atoms with E-state index in [-0.39, 0.29) is 25.2 Å². The van der Waals surface area contributed by atoms with Crippen LogP contribution in [0.4, 0.5) is 4.79 Å². The predicted octanol–water partition coefficient (Wildman–Crippen LogP) is 1.66. The van der Waals surface area contributed by atoms with Gasteiger partial charge in [-0.15, -0.1) is 0 Å². The molecule has 0 radical (unpaired) electrons. The summed E-state index contributed by atoms with van der Waals surface area (Å²) in [6.45, 7) is -0.0570. The number of nitrogens with one attached hydrogen (secondary N) is 2. The van der Waals surface area contributed by atoms with E-state index in [2.05, 4.69) is 10.6 Å². The van der Waals surface area contributed by atoms with Crippen LogP contribution in [-0.2, 0) is 32.1 Å². The Morgan fingerprint density at radius 2 is 1.50 bits per heavy atom. The number of alkyl carbamates (subject to hydrolysis) is 1. The summed E-state index contributed by atoms with van der Waals surface area (Å²) in [4.78, 5) is 47.3. The molecule has 0 aliphatic heterocycles. The summed E-state index contributed by atoms with van der Waals surface area (Å²) in [6.07, 6.45) is -1.70. The maximum atomic E-state index is 12.6. The van der Waals surface area contributed by atoms with E-state index in [1.807, 2.05) is 0 Å². The van der Waals surface area contributed by atoms with Crippen LogP contribution in [0.3, 0.4) is 0 Å². The first-order chi connectivity index (χ1) is 15.2. The SMILES string of the molecule is O=C(O)CCC(NC(=O)OCc1ccccc1)C(=O)NC(Cc1ccc(O)cc1)C(=O)O. The number of carboxylic acid groups (broad SMARTS) is 2. The number of carboxylic acids is 2. The van der Waals surface area contributed by atoms with Crippen LogP contribution in [0, 0.1) is 0 Å². The van der Waals surface area contributed by atoms with Gasteiger partial charge in [-0.3, -0.25) is 9.59 Å². The molecule has 2 aromatic carbocycles. The van der Waals surface area contributed by atoms with Gasteiger partial charge in [0.25, 0.3) is 0 Å². The van der Waals surface area contributed by atoms with E-state index in [4.69, 9.17) is 9.84 Å². The minimum atomic E-state index is -1.33. The number of aliphatic carboxylic acids is 2. The molecule has 0 aliphatic carbocycles. The van der Waals surface area contributed by atoms with Gasteiger partial charge in [0.15, 0.2) is 0 Å². The average molecular weight is 444 g/mol. The Balaban J connectivity index is 2.01. The lowest BCUT2D eigenvalue weighted by Gasteiger charge is -2.21. The van der Waals surface area contributed by atoms with Crippen molar-refractivity contribution in [1.29, 1.82) is 0 Å². The fourth-order valence-corrected chi connectivity index (χ4v) is 2.78. The van der Waals surface area contributed by atoms with Crippen LogP contribution in [0.25, 0.3) is 0 Å². The van der Waals surface area contributed by atoms with Crippen molar-refractivity contribution in [3.8, 4) is 5.75 Å². The van der Waals surface area contributed by atoms with Crippen LogP contribution in [0.5, 0.6) is 5.75 Å². The van der Waals surface area contributed by atoms with Crippen molar-refractivity contribution < 1.29 is 39.2 Å². The molecule has 10 nitrogen and oxygen atoms in total. The molecule has 0 saturated carbocycles. The van der Waals surface area contributed by atoms with E-state index in [1.54, 1.807) is 30.3 Å². The lowest BCUT2D eigenvalue weighted by atomic mass is 10.0. The Bertz CT molecular complexity index is 931. The highest BCUT2D eigenvalue weighted by molar-refractivity contribution is 5.89. The van der Waals surface area contributed by atoms with E-state index in [0.29, 0.717) is 11.1 Å². The Morgan fingerprint density at radius 3 is 2.09 bits per heavy atom. The maximum Gasteiger partial charge on any atom is 0.408 e. The van der Waals surface area contributed by atoms with Crippen molar-refractivity contribution in [2.75, 3.05) is 0 Å². The lowest BCUT2D eigenvalue weighted by molar-refractivity contribution is -0.142. The summed E-state index contributed by atoms with van der Waals surface area (Å²) in [5.41, 5.74) is 1.27. The molecular formula is C22H24N2O8. The van der Waals surface area contributed by atoms with Gasteiger partial charge in [0, 0.05) is 12.8 Å². The standard InChI is InChI=1S/C22H24N2O8/c25-16-8-6-14(7-9-16)12-18(21(29)30)23-20(28)17(10-11-19(26)27)24-22(31)32-13-15-4-2-1-3-5-15/h1-9,17-18,25H,10-13H2,(H,23,28)(H,24,31)(H,26,27)(H,29,30). The summed E-state index contributed by atoms with van der Waals surface area (Å²) in [6, 6.07) is 12.0. The van der Waals surface area contributed by atoms with Crippen molar-refractivity contribution in [2.45, 2.75) is 38.0 Å². The Labute approximate surface area is 183 Å². The molecule has 0 saturated heterocycles. The Kier molecular flexibility index (Phi) is 9.03. The summed E-state index contributed by atoms with van der Waals surface area (Å²) < 4.78 is 5.06. The highest BCUT2D eigenvalue weighted by Gasteiger charge is 2.27. The minimum absolute atomic E-state index is 0.0108. The molecular weight excluding hydrogens is 420 g/mol. The molecule has 0 heterocycles. The zero-order valence-electron chi connectivity index (χ0n) is 17.1. The fraction of sp³-hybridized carbons (Fsp3) is 0.273. The molecule has 0 bridgehead atoms. The second kappa shape index (κ2) is 11.9. The number of phenolic OH excluding ortho intramolecular Hbond substituents is 1. The minimum Gasteiger partial charge on any atom is -0.508 e. The van der Waals surface area contributed by atoms with Crippen LogP contribution < -0.4 is 10.6 Å². The number of ether oxygens (including phenoxy) is 1. The van der Waals surface area contributed by atoms with Crippen molar-refractivity contribution >= 4 is 23.9 Å². The van der Waals surface area contributed by atoms with Crippen molar-refractivity contribution in [3.05, 3.63) is 65.7 Å². The predicted molar refractivity (Wildman–Crippen MR) is 112 cm³/mol. The molecule has 2 unspecified atom stereocenters. The zero-order chi connectivity index (χ0) is 23.5. The van der Waals surface area contributed by atoms with Gasteiger partial charge in [-0.05, 0) is 29.7 Å².